The molecule has 182 valence electrons. The Balaban J connectivity index is 1.45. The molecule has 1 atom stereocenters. The van der Waals surface area contributed by atoms with Gasteiger partial charge in [0.1, 0.15) is 11.9 Å². The fraction of sp³-hybridized carbons (Fsp3) is 0.167. The Morgan fingerprint density at radius 1 is 1.03 bits per heavy atom. The first-order valence-electron chi connectivity index (χ1n) is 10.4. The zero-order valence-corrected chi connectivity index (χ0v) is 18.9. The van der Waals surface area contributed by atoms with E-state index >= 15 is 0 Å². The van der Waals surface area contributed by atoms with E-state index in [1.807, 2.05) is 0 Å². The van der Waals surface area contributed by atoms with Crippen LogP contribution in [0.2, 0.25) is 0 Å². The molecule has 11 heteroatoms. The van der Waals surface area contributed by atoms with E-state index in [4.69, 9.17) is 0 Å². The Hall–Kier alpha value is -3.57. The zero-order valence-electron chi connectivity index (χ0n) is 18.0. The number of halogens is 4. The van der Waals surface area contributed by atoms with Gasteiger partial charge in [-0.1, -0.05) is 24.3 Å². The van der Waals surface area contributed by atoms with Gasteiger partial charge >= 0.3 is 6.18 Å². The van der Waals surface area contributed by atoms with E-state index in [2.05, 4.69) is 10.3 Å². The van der Waals surface area contributed by atoms with E-state index in [0.717, 1.165) is 40.7 Å². The number of carbonyl (C=O) groups excluding carboxylic acids is 1. The Bertz CT molecular complexity index is 1360. The molecule has 0 unspecified atom stereocenters. The van der Waals surface area contributed by atoms with Gasteiger partial charge in [0, 0.05) is 12.7 Å². The molecule has 3 aromatic rings. The summed E-state index contributed by atoms with van der Waals surface area (Å²) in [5.74, 6) is -1.16. The summed E-state index contributed by atoms with van der Waals surface area (Å²) in [6.45, 7) is -0.0401. The molecule has 1 amide bonds. The number of sulfonamides is 1. The lowest BCUT2D eigenvalue weighted by molar-refractivity contribution is -0.137. The van der Waals surface area contributed by atoms with Gasteiger partial charge in [-0.3, -0.25) is 9.78 Å². The second-order valence-corrected chi connectivity index (χ2v) is 9.62. The van der Waals surface area contributed by atoms with Crippen LogP contribution in [0.3, 0.4) is 0 Å². The van der Waals surface area contributed by atoms with Gasteiger partial charge in [-0.25, -0.2) is 12.8 Å². The highest BCUT2D eigenvalue weighted by Gasteiger charge is 2.36. The summed E-state index contributed by atoms with van der Waals surface area (Å²) >= 11 is 0. The van der Waals surface area contributed by atoms with E-state index < -0.39 is 39.5 Å². The maximum absolute atomic E-state index is 13.2. The number of alkyl halides is 3. The molecule has 4 rings (SSSR count). The first-order chi connectivity index (χ1) is 16.6. The summed E-state index contributed by atoms with van der Waals surface area (Å²) in [6.07, 6.45) is 0.0471. The average molecular weight is 505 g/mol. The molecule has 0 spiro atoms. The number of aromatic nitrogens is 1. The number of hydrogen-bond donors (Lipinski definition) is 1. The first-order valence-corrected chi connectivity index (χ1v) is 11.8. The molecule has 1 N–H and O–H groups in total. The Labute approximate surface area is 199 Å². The number of benzene rings is 2. The average Bonchev–Trinajstić information content (AvgIpc) is 3.34. The SMILES string of the molecule is O=C(NCc1cc(-c2ccc(C(F)(F)F)cc2)ccn1)[C@@H]1C=CCN1S(=O)(=O)c1ccc(F)cc1. The Kier molecular flexibility index (Phi) is 6.73. The summed E-state index contributed by atoms with van der Waals surface area (Å²) in [4.78, 5) is 16.8. The highest BCUT2D eigenvalue weighted by atomic mass is 32.2. The van der Waals surface area contributed by atoms with Crippen LogP contribution in [0.25, 0.3) is 11.1 Å². The maximum Gasteiger partial charge on any atom is 0.416 e. The second kappa shape index (κ2) is 9.59. The molecule has 0 bridgehead atoms. The predicted octanol–water partition coefficient (Wildman–Crippen LogP) is 4.15. The molecule has 1 aromatic heterocycles. The fourth-order valence-electron chi connectivity index (χ4n) is 3.60. The van der Waals surface area contributed by atoms with Crippen molar-refractivity contribution in [3.63, 3.8) is 0 Å². The van der Waals surface area contributed by atoms with Gasteiger partial charge in [0.2, 0.25) is 15.9 Å². The van der Waals surface area contributed by atoms with E-state index in [1.165, 1.54) is 24.4 Å². The predicted molar refractivity (Wildman–Crippen MR) is 120 cm³/mol. The lowest BCUT2D eigenvalue weighted by Crippen LogP contribution is -2.45. The van der Waals surface area contributed by atoms with E-state index in [-0.39, 0.29) is 18.0 Å². The van der Waals surface area contributed by atoms with Crippen LogP contribution in [0.5, 0.6) is 0 Å². The third kappa shape index (κ3) is 5.41. The largest absolute Gasteiger partial charge is 0.416 e. The van der Waals surface area contributed by atoms with E-state index in [1.54, 1.807) is 18.2 Å². The second-order valence-electron chi connectivity index (χ2n) is 7.73. The molecular weight excluding hydrogens is 486 g/mol. The maximum atomic E-state index is 13.2. The van der Waals surface area contributed by atoms with Crippen molar-refractivity contribution in [1.29, 1.82) is 0 Å². The molecule has 0 aliphatic carbocycles. The number of hydrogen-bond acceptors (Lipinski definition) is 4. The monoisotopic (exact) mass is 505 g/mol. The minimum absolute atomic E-state index is 0.0144. The molecule has 6 nitrogen and oxygen atoms in total. The molecule has 2 heterocycles. The van der Waals surface area contributed by atoms with Crippen molar-refractivity contribution in [3.8, 4) is 11.1 Å². The van der Waals surface area contributed by atoms with Crippen molar-refractivity contribution in [3.05, 3.63) is 96.1 Å². The first kappa shape index (κ1) is 24.6. The Morgan fingerprint density at radius 3 is 2.37 bits per heavy atom. The summed E-state index contributed by atoms with van der Waals surface area (Å²) in [7, 11) is -4.04. The highest BCUT2D eigenvalue weighted by molar-refractivity contribution is 7.89. The molecule has 2 aromatic carbocycles. The summed E-state index contributed by atoms with van der Waals surface area (Å²) < 4.78 is 78.4. The quantitative estimate of drug-likeness (QED) is 0.403. The minimum atomic E-state index is -4.43. The summed E-state index contributed by atoms with van der Waals surface area (Å²) in [5.41, 5.74) is 0.834. The summed E-state index contributed by atoms with van der Waals surface area (Å²) in [5, 5.41) is 2.64. The smallest absolute Gasteiger partial charge is 0.349 e. The molecule has 1 aliphatic rings. The van der Waals surface area contributed by atoms with E-state index in [0.29, 0.717) is 16.8 Å². The molecule has 35 heavy (non-hydrogen) atoms. The van der Waals surface area contributed by atoms with Crippen LogP contribution in [0.1, 0.15) is 11.3 Å². The number of amides is 1. The van der Waals surface area contributed by atoms with Crippen LogP contribution < -0.4 is 5.32 Å². The standard InChI is InChI=1S/C24H19F4N3O3S/c25-19-7-9-21(10-8-19)35(33,34)31-13-1-2-22(31)23(32)30-15-20-14-17(11-12-29-20)16-3-5-18(6-4-16)24(26,27)28/h1-12,14,22H,13,15H2,(H,30,32)/t22-/m0/s1. The highest BCUT2D eigenvalue weighted by Crippen LogP contribution is 2.31. The molecule has 0 fully saturated rings. The van der Waals surface area contributed by atoms with Crippen molar-refractivity contribution < 1.29 is 30.8 Å². The topological polar surface area (TPSA) is 79.4 Å². The van der Waals surface area contributed by atoms with Crippen LogP contribution in [-0.2, 0) is 27.5 Å². The number of nitrogens with one attached hydrogen (secondary N) is 1. The normalized spacial score (nSPS) is 16.4. The lowest BCUT2D eigenvalue weighted by Gasteiger charge is -2.23. The Morgan fingerprint density at radius 2 is 1.71 bits per heavy atom. The fourth-order valence-corrected chi connectivity index (χ4v) is 5.10. The summed E-state index contributed by atoms with van der Waals surface area (Å²) in [6, 6.07) is 11.2. The van der Waals surface area contributed by atoms with Gasteiger partial charge < -0.3 is 5.32 Å². The molecule has 0 saturated carbocycles. The van der Waals surface area contributed by atoms with Gasteiger partial charge in [-0.15, -0.1) is 0 Å². The van der Waals surface area contributed by atoms with Crippen molar-refractivity contribution in [2.75, 3.05) is 6.54 Å². The van der Waals surface area contributed by atoms with Gasteiger partial charge in [0.05, 0.1) is 22.7 Å². The van der Waals surface area contributed by atoms with Crippen LogP contribution in [-0.4, -0.2) is 36.2 Å². The minimum Gasteiger partial charge on any atom is -0.349 e. The third-order valence-corrected chi connectivity index (χ3v) is 7.27. The van der Waals surface area contributed by atoms with Crippen molar-refractivity contribution in [1.82, 2.24) is 14.6 Å². The molecule has 0 saturated heterocycles. The van der Waals surface area contributed by atoms with Crippen LogP contribution in [0.4, 0.5) is 17.6 Å². The van der Waals surface area contributed by atoms with Gasteiger partial charge in [0.25, 0.3) is 0 Å². The number of nitrogens with zero attached hydrogens (tertiary/aromatic N) is 2. The number of carbonyl (C=O) groups is 1. The number of rotatable bonds is 6. The van der Waals surface area contributed by atoms with Crippen molar-refractivity contribution in [2.24, 2.45) is 0 Å². The van der Waals surface area contributed by atoms with Crippen molar-refractivity contribution in [2.45, 2.75) is 23.7 Å². The van der Waals surface area contributed by atoms with Gasteiger partial charge in [-0.2, -0.15) is 17.5 Å². The van der Waals surface area contributed by atoms with Crippen LogP contribution in [0.15, 0.2) is 83.9 Å². The van der Waals surface area contributed by atoms with Gasteiger partial charge in [0.15, 0.2) is 0 Å². The zero-order chi connectivity index (χ0) is 25.2. The third-order valence-electron chi connectivity index (χ3n) is 5.41. The van der Waals surface area contributed by atoms with Gasteiger partial charge in [-0.05, 0) is 59.7 Å². The lowest BCUT2D eigenvalue weighted by atomic mass is 10.0. The van der Waals surface area contributed by atoms with Crippen LogP contribution >= 0.6 is 0 Å². The van der Waals surface area contributed by atoms with Crippen molar-refractivity contribution >= 4 is 15.9 Å². The molecule has 0 radical (unpaired) electrons. The molecular formula is C24H19F4N3O3S. The van der Waals surface area contributed by atoms with E-state index in [9.17, 15) is 30.8 Å². The van der Waals surface area contributed by atoms with Crippen LogP contribution in [0, 0.1) is 5.82 Å². The molecule has 1 aliphatic heterocycles. The number of pyridine rings is 1.